The molecule has 0 bridgehead atoms. The average Bonchev–Trinajstić information content (AvgIpc) is 3.30. The zero-order valence-corrected chi connectivity index (χ0v) is 18.9. The first-order valence-electron chi connectivity index (χ1n) is 11.5. The maximum atomic E-state index is 13.3. The smallest absolute Gasteiger partial charge is 0.374 e. The molecule has 0 radical (unpaired) electrons. The van der Waals surface area contributed by atoms with Crippen LogP contribution in [0.3, 0.4) is 0 Å². The van der Waals surface area contributed by atoms with Crippen molar-refractivity contribution >= 4 is 21.9 Å². The van der Waals surface area contributed by atoms with Crippen molar-refractivity contribution in [2.45, 2.75) is 69.4 Å². The lowest BCUT2D eigenvalue weighted by molar-refractivity contribution is -0.143. The number of carbonyl (C=O) groups is 2. The first kappa shape index (κ1) is 22.3. The number of furan rings is 1. The van der Waals surface area contributed by atoms with E-state index in [0.29, 0.717) is 24.8 Å². The number of esters is 1. The molecule has 2 atom stereocenters. The summed E-state index contributed by atoms with van der Waals surface area (Å²) in [5, 5.41) is -0.263. The molecule has 2 unspecified atom stereocenters. The summed E-state index contributed by atoms with van der Waals surface area (Å²) in [6, 6.07) is 2.98. The molecule has 9 heteroatoms. The van der Waals surface area contributed by atoms with Crippen LogP contribution in [0.5, 0.6) is 0 Å². The second-order valence-electron chi connectivity index (χ2n) is 8.80. The van der Waals surface area contributed by atoms with Gasteiger partial charge in [-0.25, -0.2) is 13.2 Å². The summed E-state index contributed by atoms with van der Waals surface area (Å²) in [6.45, 7) is 3.23. The second kappa shape index (κ2) is 9.32. The molecule has 1 aliphatic carbocycles. The van der Waals surface area contributed by atoms with E-state index in [2.05, 4.69) is 4.90 Å². The molecule has 172 valence electrons. The van der Waals surface area contributed by atoms with Gasteiger partial charge in [-0.15, -0.1) is 0 Å². The average molecular weight is 453 g/mol. The summed E-state index contributed by atoms with van der Waals surface area (Å²) in [5.41, 5.74) is 0. The Morgan fingerprint density at radius 2 is 1.74 bits per heavy atom. The predicted molar refractivity (Wildman–Crippen MR) is 113 cm³/mol. The Morgan fingerprint density at radius 3 is 2.48 bits per heavy atom. The van der Waals surface area contributed by atoms with E-state index in [1.165, 1.54) is 42.1 Å². The molecule has 1 aromatic rings. The quantitative estimate of drug-likeness (QED) is 0.637. The number of sulfonamides is 1. The van der Waals surface area contributed by atoms with E-state index in [1.807, 2.05) is 0 Å². The molecule has 3 fully saturated rings. The minimum absolute atomic E-state index is 0.126. The highest BCUT2D eigenvalue weighted by molar-refractivity contribution is 7.89. The third-order valence-corrected chi connectivity index (χ3v) is 8.75. The zero-order valence-electron chi connectivity index (χ0n) is 18.1. The largest absolute Gasteiger partial charge is 0.460 e. The minimum atomic E-state index is -3.85. The number of hydrogen-bond acceptors (Lipinski definition) is 6. The van der Waals surface area contributed by atoms with E-state index in [1.54, 1.807) is 6.92 Å². The van der Waals surface area contributed by atoms with Gasteiger partial charge in [0.05, 0.1) is 6.61 Å². The van der Waals surface area contributed by atoms with Gasteiger partial charge in [-0.1, -0.05) is 12.8 Å². The number of amides is 1. The molecule has 31 heavy (non-hydrogen) atoms. The molecule has 1 aromatic heterocycles. The van der Waals surface area contributed by atoms with Crippen LogP contribution in [0.25, 0.3) is 0 Å². The van der Waals surface area contributed by atoms with Gasteiger partial charge < -0.3 is 14.1 Å². The van der Waals surface area contributed by atoms with Crippen molar-refractivity contribution in [3.05, 3.63) is 17.9 Å². The topological polar surface area (TPSA) is 97.1 Å². The monoisotopic (exact) mass is 452 g/mol. The number of hydrogen-bond donors (Lipinski definition) is 0. The lowest BCUT2D eigenvalue weighted by Crippen LogP contribution is -2.53. The van der Waals surface area contributed by atoms with Gasteiger partial charge in [0.25, 0.3) is 10.0 Å². The van der Waals surface area contributed by atoms with Crippen molar-refractivity contribution < 1.29 is 27.2 Å². The van der Waals surface area contributed by atoms with E-state index in [-0.39, 0.29) is 42.4 Å². The first-order valence-corrected chi connectivity index (χ1v) is 12.9. The Hall–Kier alpha value is -1.87. The Balaban J connectivity index is 1.38. The summed E-state index contributed by atoms with van der Waals surface area (Å²) in [6.07, 6.45) is 8.11. The minimum Gasteiger partial charge on any atom is -0.460 e. The summed E-state index contributed by atoms with van der Waals surface area (Å²) in [4.78, 5) is 27.1. The molecule has 1 saturated carbocycles. The van der Waals surface area contributed by atoms with Gasteiger partial charge in [-0.3, -0.25) is 4.79 Å². The van der Waals surface area contributed by atoms with Gasteiger partial charge in [-0.2, -0.15) is 4.31 Å². The van der Waals surface area contributed by atoms with Crippen molar-refractivity contribution in [2.75, 3.05) is 26.2 Å². The maximum absolute atomic E-state index is 13.3. The molecular weight excluding hydrogens is 420 g/mol. The van der Waals surface area contributed by atoms with Crippen molar-refractivity contribution in [1.29, 1.82) is 0 Å². The number of fused-ring (bicyclic) bond motifs is 1. The van der Waals surface area contributed by atoms with E-state index in [0.717, 1.165) is 19.4 Å². The van der Waals surface area contributed by atoms with Crippen LogP contribution in [-0.2, 0) is 19.6 Å². The fourth-order valence-electron chi connectivity index (χ4n) is 5.37. The summed E-state index contributed by atoms with van der Waals surface area (Å²) in [7, 11) is -3.85. The van der Waals surface area contributed by atoms with Crippen LogP contribution >= 0.6 is 0 Å². The molecule has 8 nitrogen and oxygen atoms in total. The van der Waals surface area contributed by atoms with E-state index >= 15 is 0 Å². The number of likely N-dealkylation sites (tertiary alicyclic amines) is 1. The normalized spacial score (nSPS) is 25.8. The van der Waals surface area contributed by atoms with Crippen LogP contribution < -0.4 is 0 Å². The van der Waals surface area contributed by atoms with Gasteiger partial charge in [0, 0.05) is 31.6 Å². The Labute approximate surface area is 183 Å². The maximum Gasteiger partial charge on any atom is 0.374 e. The van der Waals surface area contributed by atoms with Crippen LogP contribution in [0.1, 0.15) is 68.8 Å². The van der Waals surface area contributed by atoms with Crippen LogP contribution in [0, 0.1) is 11.8 Å². The molecule has 1 amide bonds. The van der Waals surface area contributed by atoms with E-state index < -0.39 is 16.0 Å². The predicted octanol–water partition coefficient (Wildman–Crippen LogP) is 3.04. The zero-order chi connectivity index (χ0) is 22.0. The summed E-state index contributed by atoms with van der Waals surface area (Å²) < 4.78 is 37.3. The third-order valence-electron chi connectivity index (χ3n) is 6.98. The first-order chi connectivity index (χ1) is 14.9. The number of nitrogens with zero attached hydrogens (tertiary/aromatic N) is 2. The standard InChI is InChI=1S/C22H32N2O6S/c1-2-29-22(26)19-9-10-20(30-19)31(27,28)23-14-11-17(12-15-23)21(25)24-13-5-7-16-6-3-4-8-18(16)24/h9-10,16-18H,2-8,11-15H2,1H3. The molecule has 0 N–H and O–H groups in total. The van der Waals surface area contributed by atoms with Crippen molar-refractivity contribution in [2.24, 2.45) is 11.8 Å². The number of carbonyl (C=O) groups excluding carboxylic acids is 2. The SMILES string of the molecule is CCOC(=O)c1ccc(S(=O)(=O)N2CCC(C(=O)N3CCCC4CCCCC43)CC2)o1. The Bertz CT molecular complexity index is 901. The van der Waals surface area contributed by atoms with Crippen LogP contribution in [0.4, 0.5) is 0 Å². The molecular formula is C22H32N2O6S. The number of rotatable bonds is 5. The molecule has 2 aliphatic heterocycles. The summed E-state index contributed by atoms with van der Waals surface area (Å²) in [5.74, 6) is -0.0945. The fraction of sp³-hybridized carbons (Fsp3) is 0.727. The Morgan fingerprint density at radius 1 is 1.03 bits per heavy atom. The number of ether oxygens (including phenoxy) is 1. The van der Waals surface area contributed by atoms with Gasteiger partial charge in [0.2, 0.25) is 16.8 Å². The van der Waals surface area contributed by atoms with Gasteiger partial charge in [0.15, 0.2) is 0 Å². The third kappa shape index (κ3) is 4.53. The van der Waals surface area contributed by atoms with Gasteiger partial charge in [-0.05, 0) is 63.5 Å². The van der Waals surface area contributed by atoms with Crippen LogP contribution in [0.2, 0.25) is 0 Å². The highest BCUT2D eigenvalue weighted by Crippen LogP contribution is 2.37. The van der Waals surface area contributed by atoms with Crippen molar-refractivity contribution in [3.63, 3.8) is 0 Å². The lowest BCUT2D eigenvalue weighted by atomic mass is 9.77. The fourth-order valence-corrected chi connectivity index (χ4v) is 6.76. The molecule has 3 heterocycles. The molecule has 2 saturated heterocycles. The van der Waals surface area contributed by atoms with Gasteiger partial charge >= 0.3 is 5.97 Å². The molecule has 0 aromatic carbocycles. The van der Waals surface area contributed by atoms with Crippen LogP contribution in [-0.4, -0.2) is 61.8 Å². The molecule has 4 rings (SSSR count). The van der Waals surface area contributed by atoms with Crippen molar-refractivity contribution in [1.82, 2.24) is 9.21 Å². The lowest BCUT2D eigenvalue weighted by Gasteiger charge is -2.46. The number of piperidine rings is 2. The molecule has 3 aliphatic rings. The molecule has 0 spiro atoms. The van der Waals surface area contributed by atoms with Crippen molar-refractivity contribution in [3.8, 4) is 0 Å². The van der Waals surface area contributed by atoms with Gasteiger partial charge in [0.1, 0.15) is 0 Å². The summed E-state index contributed by atoms with van der Waals surface area (Å²) >= 11 is 0. The highest BCUT2D eigenvalue weighted by atomic mass is 32.2. The second-order valence-corrected chi connectivity index (χ2v) is 10.7. The van der Waals surface area contributed by atoms with Crippen LogP contribution in [0.15, 0.2) is 21.6 Å². The Kier molecular flexibility index (Phi) is 6.71. The van der Waals surface area contributed by atoms with E-state index in [4.69, 9.17) is 9.15 Å². The van der Waals surface area contributed by atoms with E-state index in [9.17, 15) is 18.0 Å². The highest BCUT2D eigenvalue weighted by Gasteiger charge is 2.40.